The average molecular weight is 359 g/mol. The third-order valence-electron chi connectivity index (χ3n) is 4.04. The number of hydrazone groups is 1. The minimum atomic E-state index is -0.271. The third kappa shape index (κ3) is 3.74. The number of aromatic nitrogens is 1. The first-order valence-electron chi connectivity index (χ1n) is 8.43. The molecule has 4 rings (SSSR count). The molecule has 1 aliphatic heterocycles. The second kappa shape index (κ2) is 7.61. The summed E-state index contributed by atoms with van der Waals surface area (Å²) in [5.74, 6) is 1.20. The van der Waals surface area contributed by atoms with Gasteiger partial charge in [0.1, 0.15) is 0 Å². The Balaban J connectivity index is 1.40. The van der Waals surface area contributed by atoms with Crippen molar-refractivity contribution in [1.29, 1.82) is 0 Å². The number of carbonyl (C=O) groups is 1. The van der Waals surface area contributed by atoms with Crippen LogP contribution in [-0.4, -0.2) is 23.5 Å². The van der Waals surface area contributed by atoms with E-state index >= 15 is 0 Å². The van der Waals surface area contributed by atoms with Gasteiger partial charge in [-0.25, -0.2) is 5.43 Å². The molecule has 0 aliphatic carbocycles. The Hall–Kier alpha value is -3.80. The van der Waals surface area contributed by atoms with Crippen molar-refractivity contribution >= 4 is 18.2 Å². The van der Waals surface area contributed by atoms with Gasteiger partial charge in [-0.15, -0.1) is 0 Å². The normalized spacial score (nSPS) is 12.7. The number of benzene rings is 2. The zero-order valence-electron chi connectivity index (χ0n) is 14.4. The van der Waals surface area contributed by atoms with E-state index in [1.165, 1.54) is 6.21 Å². The molecule has 3 aromatic rings. The molecule has 0 saturated heterocycles. The highest BCUT2D eigenvalue weighted by Crippen LogP contribution is 2.32. The van der Waals surface area contributed by atoms with E-state index in [0.717, 1.165) is 22.7 Å². The van der Waals surface area contributed by atoms with Crippen LogP contribution in [0.15, 0.2) is 78.2 Å². The maximum atomic E-state index is 12.4. The van der Waals surface area contributed by atoms with Crippen molar-refractivity contribution < 1.29 is 14.3 Å². The lowest BCUT2D eigenvalue weighted by atomic mass is 10.1. The highest BCUT2D eigenvalue weighted by atomic mass is 16.7. The van der Waals surface area contributed by atoms with E-state index in [-0.39, 0.29) is 12.7 Å². The number of amides is 1. The number of nitrogens with zero attached hydrogens (tertiary/aromatic N) is 2. The number of allylic oxidation sites excluding steroid dienone is 1. The number of ether oxygens (including phenoxy) is 2. The molecular weight excluding hydrogens is 342 g/mol. The van der Waals surface area contributed by atoms with Crippen molar-refractivity contribution in [2.45, 2.75) is 0 Å². The SMILES string of the molecule is O=C(NN=CC=Cc1ccc2c(c1)OCO2)c1ccccc1-n1cccc1. The van der Waals surface area contributed by atoms with Crippen LogP contribution in [0.3, 0.4) is 0 Å². The molecule has 0 unspecified atom stereocenters. The fourth-order valence-electron chi connectivity index (χ4n) is 2.76. The van der Waals surface area contributed by atoms with Crippen molar-refractivity contribution in [3.8, 4) is 17.2 Å². The summed E-state index contributed by atoms with van der Waals surface area (Å²) >= 11 is 0. The Morgan fingerprint density at radius 1 is 1.04 bits per heavy atom. The molecule has 2 aromatic carbocycles. The van der Waals surface area contributed by atoms with Crippen LogP contribution in [0.25, 0.3) is 11.8 Å². The lowest BCUT2D eigenvalue weighted by Crippen LogP contribution is -2.19. The van der Waals surface area contributed by atoms with Crippen LogP contribution in [0.1, 0.15) is 15.9 Å². The summed E-state index contributed by atoms with van der Waals surface area (Å²) in [4.78, 5) is 12.4. The molecule has 2 heterocycles. The first-order chi connectivity index (χ1) is 13.3. The summed E-state index contributed by atoms with van der Waals surface area (Å²) < 4.78 is 12.5. The van der Waals surface area contributed by atoms with Crippen LogP contribution >= 0.6 is 0 Å². The molecular formula is C21H17N3O3. The van der Waals surface area contributed by atoms with Gasteiger partial charge in [0, 0.05) is 18.6 Å². The summed E-state index contributed by atoms with van der Waals surface area (Å²) in [5.41, 5.74) is 4.85. The van der Waals surface area contributed by atoms with Crippen LogP contribution in [0, 0.1) is 0 Å². The van der Waals surface area contributed by atoms with E-state index < -0.39 is 0 Å². The van der Waals surface area contributed by atoms with Gasteiger partial charge in [-0.2, -0.15) is 5.10 Å². The molecule has 6 nitrogen and oxygen atoms in total. The van der Waals surface area contributed by atoms with Gasteiger partial charge in [0.25, 0.3) is 5.91 Å². The summed E-state index contributed by atoms with van der Waals surface area (Å²) in [6, 6.07) is 16.9. The highest BCUT2D eigenvalue weighted by Gasteiger charge is 2.12. The van der Waals surface area contributed by atoms with Crippen LogP contribution in [0.2, 0.25) is 0 Å². The number of nitrogens with one attached hydrogen (secondary N) is 1. The maximum Gasteiger partial charge on any atom is 0.273 e. The molecule has 0 fully saturated rings. The van der Waals surface area contributed by atoms with Gasteiger partial charge in [0.15, 0.2) is 11.5 Å². The predicted octanol–water partition coefficient (Wildman–Crippen LogP) is 3.64. The molecule has 0 saturated carbocycles. The second-order valence-electron chi connectivity index (χ2n) is 5.80. The molecule has 1 aliphatic rings. The number of hydrogen-bond acceptors (Lipinski definition) is 4. The van der Waals surface area contributed by atoms with Gasteiger partial charge in [0.05, 0.1) is 11.3 Å². The summed E-state index contributed by atoms with van der Waals surface area (Å²) in [6.45, 7) is 0.250. The van der Waals surface area contributed by atoms with Crippen molar-refractivity contribution in [3.63, 3.8) is 0 Å². The summed E-state index contributed by atoms with van der Waals surface area (Å²) in [6.07, 6.45) is 8.93. The molecule has 0 spiro atoms. The van der Waals surface area contributed by atoms with Gasteiger partial charge >= 0.3 is 0 Å². The highest BCUT2D eigenvalue weighted by molar-refractivity contribution is 5.98. The lowest BCUT2D eigenvalue weighted by Gasteiger charge is -2.08. The zero-order chi connectivity index (χ0) is 18.5. The number of fused-ring (bicyclic) bond motifs is 1. The summed E-state index contributed by atoms with van der Waals surface area (Å²) in [7, 11) is 0. The smallest absolute Gasteiger partial charge is 0.273 e. The molecule has 1 N–H and O–H groups in total. The van der Waals surface area contributed by atoms with E-state index in [1.807, 2.05) is 71.6 Å². The predicted molar refractivity (Wildman–Crippen MR) is 103 cm³/mol. The van der Waals surface area contributed by atoms with Gasteiger partial charge in [-0.3, -0.25) is 4.79 Å². The molecule has 0 radical (unpaired) electrons. The monoisotopic (exact) mass is 359 g/mol. The first kappa shape index (κ1) is 16.7. The minimum absolute atomic E-state index is 0.250. The number of carbonyl (C=O) groups excluding carboxylic acids is 1. The van der Waals surface area contributed by atoms with E-state index in [4.69, 9.17) is 9.47 Å². The fourth-order valence-corrected chi connectivity index (χ4v) is 2.76. The fraction of sp³-hybridized carbons (Fsp3) is 0.0476. The second-order valence-corrected chi connectivity index (χ2v) is 5.80. The van der Waals surface area contributed by atoms with Crippen molar-refractivity contribution in [3.05, 3.63) is 84.2 Å². The van der Waals surface area contributed by atoms with Gasteiger partial charge in [-0.1, -0.05) is 24.3 Å². The molecule has 0 atom stereocenters. The van der Waals surface area contributed by atoms with Crippen LogP contribution in [0.4, 0.5) is 0 Å². The average Bonchev–Trinajstić information content (AvgIpc) is 3.39. The number of hydrogen-bond donors (Lipinski definition) is 1. The Bertz CT molecular complexity index is 1010. The van der Waals surface area contributed by atoms with E-state index in [1.54, 1.807) is 12.1 Å². The third-order valence-corrected chi connectivity index (χ3v) is 4.04. The van der Waals surface area contributed by atoms with Crippen molar-refractivity contribution in [1.82, 2.24) is 9.99 Å². The standard InChI is InChI=1S/C21H17N3O3/c25-21(17-7-1-2-8-18(17)24-12-3-4-13-24)23-22-11-5-6-16-9-10-19-20(14-16)27-15-26-19/h1-14H,15H2,(H,23,25). The Morgan fingerprint density at radius 3 is 2.74 bits per heavy atom. The quantitative estimate of drug-likeness (QED) is 0.559. The van der Waals surface area contributed by atoms with Crippen molar-refractivity contribution in [2.75, 3.05) is 6.79 Å². The zero-order valence-corrected chi connectivity index (χ0v) is 14.4. The molecule has 27 heavy (non-hydrogen) atoms. The topological polar surface area (TPSA) is 64.8 Å². The Labute approximate surface area is 156 Å². The number of para-hydroxylation sites is 1. The molecule has 6 heteroatoms. The van der Waals surface area contributed by atoms with Gasteiger partial charge in [0.2, 0.25) is 6.79 Å². The van der Waals surface area contributed by atoms with Gasteiger partial charge < -0.3 is 14.0 Å². The molecule has 134 valence electrons. The van der Waals surface area contributed by atoms with Crippen LogP contribution in [-0.2, 0) is 0 Å². The maximum absolute atomic E-state index is 12.4. The number of rotatable bonds is 5. The largest absolute Gasteiger partial charge is 0.454 e. The van der Waals surface area contributed by atoms with E-state index in [9.17, 15) is 4.79 Å². The van der Waals surface area contributed by atoms with Crippen LogP contribution < -0.4 is 14.9 Å². The molecule has 1 aromatic heterocycles. The molecule has 0 bridgehead atoms. The van der Waals surface area contributed by atoms with E-state index in [0.29, 0.717) is 5.56 Å². The van der Waals surface area contributed by atoms with Gasteiger partial charge in [-0.05, 0) is 48.0 Å². The van der Waals surface area contributed by atoms with Crippen molar-refractivity contribution in [2.24, 2.45) is 5.10 Å². The Kier molecular flexibility index (Phi) is 4.70. The van der Waals surface area contributed by atoms with Crippen LogP contribution in [0.5, 0.6) is 11.5 Å². The van der Waals surface area contributed by atoms with E-state index in [2.05, 4.69) is 10.5 Å². The lowest BCUT2D eigenvalue weighted by molar-refractivity contribution is 0.0955. The minimum Gasteiger partial charge on any atom is -0.454 e. The Morgan fingerprint density at radius 2 is 1.85 bits per heavy atom. The summed E-state index contributed by atoms with van der Waals surface area (Å²) in [5, 5.41) is 3.98. The first-order valence-corrected chi connectivity index (χ1v) is 8.43. The molecule has 1 amide bonds.